The number of hydrogen-bond donors (Lipinski definition) is 2. The fraction of sp³-hybridized carbons (Fsp3) is 0.500. The minimum absolute atomic E-state index is 0.567. The smallest absolute Gasteiger partial charge is 0.121 e. The number of aryl methyl sites for hydroxylation is 1. The summed E-state index contributed by atoms with van der Waals surface area (Å²) in [7, 11) is 1.70. The monoisotopic (exact) mass is 206 g/mol. The van der Waals surface area contributed by atoms with Crippen LogP contribution in [0.5, 0.6) is 5.75 Å². The Morgan fingerprint density at radius 2 is 2.33 bits per heavy atom. The second-order valence-electron chi connectivity index (χ2n) is 4.02. The van der Waals surface area contributed by atoms with Gasteiger partial charge in [0.25, 0.3) is 0 Å². The molecular weight excluding hydrogens is 188 g/mol. The second-order valence-corrected chi connectivity index (χ2v) is 4.02. The first-order valence-corrected chi connectivity index (χ1v) is 5.41. The van der Waals surface area contributed by atoms with Crippen molar-refractivity contribution in [3.63, 3.8) is 0 Å². The number of benzene rings is 1. The fourth-order valence-electron chi connectivity index (χ4n) is 1.98. The van der Waals surface area contributed by atoms with E-state index in [4.69, 9.17) is 4.74 Å². The van der Waals surface area contributed by atoms with E-state index in [9.17, 15) is 0 Å². The van der Waals surface area contributed by atoms with Crippen molar-refractivity contribution < 1.29 is 4.74 Å². The Morgan fingerprint density at radius 1 is 1.47 bits per heavy atom. The molecule has 3 heteroatoms. The quantitative estimate of drug-likeness (QED) is 0.791. The van der Waals surface area contributed by atoms with Gasteiger partial charge in [0.05, 0.1) is 7.11 Å². The van der Waals surface area contributed by atoms with Gasteiger partial charge >= 0.3 is 0 Å². The largest absolute Gasteiger partial charge is 0.496 e. The number of anilines is 1. The SMILES string of the molecule is COc1ccc(NC2CCNC2)cc1C. The van der Waals surface area contributed by atoms with Crippen molar-refractivity contribution in [1.29, 1.82) is 0 Å². The summed E-state index contributed by atoms with van der Waals surface area (Å²) in [5, 5.41) is 6.86. The van der Waals surface area contributed by atoms with E-state index in [2.05, 4.69) is 29.7 Å². The van der Waals surface area contributed by atoms with Crippen LogP contribution in [0.25, 0.3) is 0 Å². The van der Waals surface area contributed by atoms with E-state index in [-0.39, 0.29) is 0 Å². The Balaban J connectivity index is 2.05. The minimum atomic E-state index is 0.567. The lowest BCUT2D eigenvalue weighted by Crippen LogP contribution is -2.22. The van der Waals surface area contributed by atoms with E-state index in [1.54, 1.807) is 7.11 Å². The van der Waals surface area contributed by atoms with Gasteiger partial charge in [-0.05, 0) is 43.7 Å². The van der Waals surface area contributed by atoms with Crippen LogP contribution in [0.2, 0.25) is 0 Å². The molecule has 0 amide bonds. The number of ether oxygens (including phenoxy) is 1. The number of hydrogen-bond acceptors (Lipinski definition) is 3. The third-order valence-electron chi connectivity index (χ3n) is 2.83. The van der Waals surface area contributed by atoms with Crippen molar-refractivity contribution in [1.82, 2.24) is 5.32 Å². The highest BCUT2D eigenvalue weighted by Crippen LogP contribution is 2.22. The van der Waals surface area contributed by atoms with Gasteiger partial charge in [-0.15, -0.1) is 0 Å². The molecule has 0 spiro atoms. The number of rotatable bonds is 3. The first kappa shape index (κ1) is 10.3. The molecule has 1 unspecified atom stereocenters. The molecule has 0 saturated carbocycles. The Kier molecular flexibility index (Phi) is 3.11. The van der Waals surface area contributed by atoms with Crippen LogP contribution in [0.3, 0.4) is 0 Å². The van der Waals surface area contributed by atoms with Crippen LogP contribution in [0.15, 0.2) is 18.2 Å². The fourth-order valence-corrected chi connectivity index (χ4v) is 1.98. The van der Waals surface area contributed by atoms with Crippen LogP contribution < -0.4 is 15.4 Å². The van der Waals surface area contributed by atoms with Crippen molar-refractivity contribution >= 4 is 5.69 Å². The topological polar surface area (TPSA) is 33.3 Å². The van der Waals surface area contributed by atoms with E-state index in [1.807, 2.05) is 6.07 Å². The lowest BCUT2D eigenvalue weighted by molar-refractivity contribution is 0.412. The van der Waals surface area contributed by atoms with Gasteiger partial charge in [-0.3, -0.25) is 0 Å². The Hall–Kier alpha value is -1.22. The molecule has 1 fully saturated rings. The summed E-state index contributed by atoms with van der Waals surface area (Å²) < 4.78 is 5.23. The second kappa shape index (κ2) is 4.53. The van der Waals surface area contributed by atoms with E-state index in [1.165, 1.54) is 17.7 Å². The maximum Gasteiger partial charge on any atom is 0.121 e. The molecule has 1 saturated heterocycles. The molecule has 1 atom stereocenters. The van der Waals surface area contributed by atoms with Gasteiger partial charge < -0.3 is 15.4 Å². The molecule has 1 aromatic carbocycles. The maximum atomic E-state index is 5.23. The summed E-state index contributed by atoms with van der Waals surface area (Å²) >= 11 is 0. The van der Waals surface area contributed by atoms with Crippen LogP contribution in [-0.2, 0) is 0 Å². The average Bonchev–Trinajstić information content (AvgIpc) is 2.71. The molecule has 1 aliphatic rings. The van der Waals surface area contributed by atoms with Crippen molar-refractivity contribution in [3.05, 3.63) is 23.8 Å². The normalized spacial score (nSPS) is 20.3. The van der Waals surface area contributed by atoms with Crippen LogP contribution in [-0.4, -0.2) is 26.2 Å². The molecular formula is C12H18N2O. The Bertz CT molecular complexity index is 332. The van der Waals surface area contributed by atoms with Crippen molar-refractivity contribution in [2.24, 2.45) is 0 Å². The zero-order chi connectivity index (χ0) is 10.7. The molecule has 1 heterocycles. The first-order valence-electron chi connectivity index (χ1n) is 5.41. The third-order valence-corrected chi connectivity index (χ3v) is 2.83. The van der Waals surface area contributed by atoms with Crippen LogP contribution >= 0.6 is 0 Å². The highest BCUT2D eigenvalue weighted by atomic mass is 16.5. The molecule has 0 aliphatic carbocycles. The lowest BCUT2D eigenvalue weighted by Gasteiger charge is -2.14. The standard InChI is InChI=1S/C12H18N2O/c1-9-7-10(3-4-12(9)15-2)14-11-5-6-13-8-11/h3-4,7,11,13-14H,5-6,8H2,1-2H3. The van der Waals surface area contributed by atoms with Crippen molar-refractivity contribution in [2.45, 2.75) is 19.4 Å². The summed E-state index contributed by atoms with van der Waals surface area (Å²) in [5.74, 6) is 0.949. The molecule has 3 nitrogen and oxygen atoms in total. The molecule has 82 valence electrons. The van der Waals surface area contributed by atoms with Gasteiger partial charge in [-0.25, -0.2) is 0 Å². The summed E-state index contributed by atoms with van der Waals surface area (Å²) in [6, 6.07) is 6.79. The van der Waals surface area contributed by atoms with E-state index >= 15 is 0 Å². The third kappa shape index (κ3) is 2.42. The molecule has 2 rings (SSSR count). The van der Waals surface area contributed by atoms with Gasteiger partial charge in [0.1, 0.15) is 5.75 Å². The predicted octanol–water partition coefficient (Wildman–Crippen LogP) is 1.78. The molecule has 0 aromatic heterocycles. The molecule has 0 radical (unpaired) electrons. The van der Waals surface area contributed by atoms with Crippen LogP contribution in [0, 0.1) is 6.92 Å². The summed E-state index contributed by atoms with van der Waals surface area (Å²) in [6.45, 7) is 4.24. The Morgan fingerprint density at radius 3 is 2.93 bits per heavy atom. The van der Waals surface area contributed by atoms with Crippen LogP contribution in [0.4, 0.5) is 5.69 Å². The summed E-state index contributed by atoms with van der Waals surface area (Å²) in [5.41, 5.74) is 2.36. The summed E-state index contributed by atoms with van der Waals surface area (Å²) in [6.07, 6.45) is 1.20. The number of nitrogens with one attached hydrogen (secondary N) is 2. The minimum Gasteiger partial charge on any atom is -0.496 e. The van der Waals surface area contributed by atoms with E-state index in [0.717, 1.165) is 18.8 Å². The van der Waals surface area contributed by atoms with Gasteiger partial charge in [-0.2, -0.15) is 0 Å². The van der Waals surface area contributed by atoms with E-state index in [0.29, 0.717) is 6.04 Å². The highest BCUT2D eigenvalue weighted by Gasteiger charge is 2.13. The van der Waals surface area contributed by atoms with Crippen molar-refractivity contribution in [2.75, 3.05) is 25.5 Å². The van der Waals surface area contributed by atoms with E-state index < -0.39 is 0 Å². The molecule has 2 N–H and O–H groups in total. The van der Waals surface area contributed by atoms with Crippen molar-refractivity contribution in [3.8, 4) is 5.75 Å². The predicted molar refractivity (Wildman–Crippen MR) is 62.6 cm³/mol. The molecule has 1 aliphatic heterocycles. The zero-order valence-electron chi connectivity index (χ0n) is 9.34. The molecule has 15 heavy (non-hydrogen) atoms. The highest BCUT2D eigenvalue weighted by molar-refractivity contribution is 5.51. The molecule has 0 bridgehead atoms. The van der Waals surface area contributed by atoms with Gasteiger partial charge in [0.2, 0.25) is 0 Å². The molecule has 1 aromatic rings. The first-order chi connectivity index (χ1) is 7.29. The van der Waals surface area contributed by atoms with Gasteiger partial charge in [0.15, 0.2) is 0 Å². The summed E-state index contributed by atoms with van der Waals surface area (Å²) in [4.78, 5) is 0. The van der Waals surface area contributed by atoms with Gasteiger partial charge in [0, 0.05) is 18.3 Å². The Labute approximate surface area is 90.8 Å². The van der Waals surface area contributed by atoms with Crippen LogP contribution in [0.1, 0.15) is 12.0 Å². The average molecular weight is 206 g/mol. The maximum absolute atomic E-state index is 5.23. The lowest BCUT2D eigenvalue weighted by atomic mass is 10.1. The zero-order valence-corrected chi connectivity index (χ0v) is 9.34. The van der Waals surface area contributed by atoms with Gasteiger partial charge in [-0.1, -0.05) is 0 Å². The number of methoxy groups -OCH3 is 1.